The molecule has 126 valence electrons. The fraction of sp³-hybridized carbons (Fsp3) is 0.105. The summed E-state index contributed by atoms with van der Waals surface area (Å²) in [4.78, 5) is 17.5. The minimum absolute atomic E-state index is 0.257. The Morgan fingerprint density at radius 2 is 1.80 bits per heavy atom. The zero-order valence-corrected chi connectivity index (χ0v) is 14.8. The summed E-state index contributed by atoms with van der Waals surface area (Å²) in [6, 6.07) is 17.1. The van der Waals surface area contributed by atoms with E-state index in [-0.39, 0.29) is 5.91 Å². The number of aromatic nitrogens is 1. The first-order chi connectivity index (χ1) is 12.0. The third kappa shape index (κ3) is 3.92. The molecule has 0 saturated carbocycles. The van der Waals surface area contributed by atoms with Crippen molar-refractivity contribution in [3.63, 3.8) is 0 Å². The smallest absolute Gasteiger partial charge is 0.283 e. The number of aryl methyl sites for hydroxylation is 1. The third-order valence-electron chi connectivity index (χ3n) is 3.68. The number of nitrogens with two attached hydrogens (primary N) is 1. The number of hydrogen-bond donors (Lipinski definition) is 2. The van der Waals surface area contributed by atoms with Crippen LogP contribution >= 0.6 is 11.3 Å². The van der Waals surface area contributed by atoms with Crippen molar-refractivity contribution >= 4 is 28.6 Å². The first-order valence-corrected chi connectivity index (χ1v) is 8.59. The monoisotopic (exact) mass is 350 g/mol. The van der Waals surface area contributed by atoms with E-state index < -0.39 is 0 Å². The summed E-state index contributed by atoms with van der Waals surface area (Å²) >= 11 is 1.36. The van der Waals surface area contributed by atoms with E-state index in [1.54, 1.807) is 12.1 Å². The SMILES string of the molecule is C/C(=N/NC(=O)c1sc(-c2ccccc2)nc1C)c1ccc(N)cc1. The van der Waals surface area contributed by atoms with Crippen LogP contribution in [0.1, 0.15) is 27.9 Å². The number of carbonyl (C=O) groups excluding carboxylic acids is 1. The maximum Gasteiger partial charge on any atom is 0.283 e. The predicted molar refractivity (Wildman–Crippen MR) is 103 cm³/mol. The second-order valence-corrected chi connectivity index (χ2v) is 6.56. The zero-order valence-electron chi connectivity index (χ0n) is 14.0. The number of thiazole rings is 1. The highest BCUT2D eigenvalue weighted by atomic mass is 32.1. The third-order valence-corrected chi connectivity index (χ3v) is 4.88. The Bertz CT molecular complexity index is 914. The Morgan fingerprint density at radius 1 is 1.12 bits per heavy atom. The highest BCUT2D eigenvalue weighted by molar-refractivity contribution is 7.17. The number of nitrogens with zero attached hydrogens (tertiary/aromatic N) is 2. The van der Waals surface area contributed by atoms with Crippen LogP contribution in [0.3, 0.4) is 0 Å². The van der Waals surface area contributed by atoms with Crippen LogP contribution in [0.4, 0.5) is 5.69 Å². The van der Waals surface area contributed by atoms with Crippen molar-refractivity contribution in [3.05, 3.63) is 70.7 Å². The quantitative estimate of drug-likeness (QED) is 0.426. The van der Waals surface area contributed by atoms with Crippen LogP contribution in [0.25, 0.3) is 10.6 Å². The lowest BCUT2D eigenvalue weighted by atomic mass is 10.1. The van der Waals surface area contributed by atoms with Gasteiger partial charge >= 0.3 is 0 Å². The number of hydrogen-bond acceptors (Lipinski definition) is 5. The van der Waals surface area contributed by atoms with Crippen LogP contribution in [0, 0.1) is 6.92 Å². The van der Waals surface area contributed by atoms with Crippen LogP contribution in [-0.2, 0) is 0 Å². The lowest BCUT2D eigenvalue weighted by Gasteiger charge is -2.02. The molecule has 25 heavy (non-hydrogen) atoms. The van der Waals surface area contributed by atoms with Crippen LogP contribution in [0.15, 0.2) is 59.7 Å². The molecule has 0 unspecified atom stereocenters. The fourth-order valence-corrected chi connectivity index (χ4v) is 3.25. The molecule has 6 heteroatoms. The summed E-state index contributed by atoms with van der Waals surface area (Å²) in [6.45, 7) is 3.66. The molecule has 0 fully saturated rings. The largest absolute Gasteiger partial charge is 0.399 e. The summed E-state index contributed by atoms with van der Waals surface area (Å²) in [5, 5.41) is 5.00. The van der Waals surface area contributed by atoms with Crippen LogP contribution < -0.4 is 11.2 Å². The molecular formula is C19H18N4OS. The number of benzene rings is 2. The Labute approximate surface area is 150 Å². The first kappa shape index (κ1) is 16.9. The van der Waals surface area contributed by atoms with E-state index in [9.17, 15) is 4.79 Å². The zero-order chi connectivity index (χ0) is 17.8. The molecule has 0 aliphatic heterocycles. The van der Waals surface area contributed by atoms with E-state index >= 15 is 0 Å². The van der Waals surface area contributed by atoms with Crippen LogP contribution in [-0.4, -0.2) is 16.6 Å². The number of amides is 1. The molecule has 2 aromatic carbocycles. The fourth-order valence-electron chi connectivity index (χ4n) is 2.29. The van der Waals surface area contributed by atoms with Gasteiger partial charge in [0.15, 0.2) is 0 Å². The number of anilines is 1. The van der Waals surface area contributed by atoms with E-state index in [1.165, 1.54) is 11.3 Å². The molecule has 0 saturated heterocycles. The average molecular weight is 350 g/mol. The molecule has 5 nitrogen and oxygen atoms in total. The van der Waals surface area contributed by atoms with E-state index in [1.807, 2.05) is 56.3 Å². The molecule has 3 N–H and O–H groups in total. The van der Waals surface area contributed by atoms with Gasteiger partial charge in [-0.15, -0.1) is 11.3 Å². The van der Waals surface area contributed by atoms with Crippen LogP contribution in [0.2, 0.25) is 0 Å². The van der Waals surface area contributed by atoms with Crippen molar-refractivity contribution in [1.29, 1.82) is 0 Å². The van der Waals surface area contributed by atoms with Gasteiger partial charge in [-0.05, 0) is 31.5 Å². The summed E-state index contributed by atoms with van der Waals surface area (Å²) < 4.78 is 0. The van der Waals surface area contributed by atoms with Gasteiger partial charge < -0.3 is 5.73 Å². The van der Waals surface area contributed by atoms with Gasteiger partial charge in [0.2, 0.25) is 0 Å². The van der Waals surface area contributed by atoms with Gasteiger partial charge in [-0.25, -0.2) is 10.4 Å². The van der Waals surface area contributed by atoms with Gasteiger partial charge in [-0.1, -0.05) is 42.5 Å². The maximum atomic E-state index is 12.4. The summed E-state index contributed by atoms with van der Waals surface area (Å²) in [7, 11) is 0. The van der Waals surface area contributed by atoms with Gasteiger partial charge in [0.25, 0.3) is 5.91 Å². The van der Waals surface area contributed by atoms with E-state index in [0.717, 1.165) is 16.1 Å². The summed E-state index contributed by atoms with van der Waals surface area (Å²) in [5.41, 5.74) is 12.3. The normalized spacial score (nSPS) is 11.4. The summed E-state index contributed by atoms with van der Waals surface area (Å²) in [6.07, 6.45) is 0. The molecule has 0 bridgehead atoms. The van der Waals surface area contributed by atoms with Crippen molar-refractivity contribution in [2.24, 2.45) is 5.10 Å². The molecule has 0 atom stereocenters. The van der Waals surface area contributed by atoms with Gasteiger partial charge in [-0.3, -0.25) is 4.79 Å². The average Bonchev–Trinajstić information content (AvgIpc) is 3.02. The highest BCUT2D eigenvalue weighted by Gasteiger charge is 2.16. The minimum atomic E-state index is -0.257. The Hall–Kier alpha value is -2.99. The molecule has 1 aromatic heterocycles. The number of nitrogens with one attached hydrogen (secondary N) is 1. The molecule has 0 radical (unpaired) electrons. The van der Waals surface area contributed by atoms with Gasteiger partial charge in [0.05, 0.1) is 11.4 Å². The van der Waals surface area contributed by atoms with Crippen molar-refractivity contribution < 1.29 is 4.79 Å². The molecule has 3 rings (SSSR count). The molecule has 0 spiro atoms. The van der Waals surface area contributed by atoms with Gasteiger partial charge in [-0.2, -0.15) is 5.10 Å². The molecule has 0 aliphatic rings. The van der Waals surface area contributed by atoms with Crippen molar-refractivity contribution in [2.75, 3.05) is 5.73 Å². The number of carbonyl (C=O) groups is 1. The van der Waals surface area contributed by atoms with Crippen molar-refractivity contribution in [2.45, 2.75) is 13.8 Å². The van der Waals surface area contributed by atoms with Gasteiger partial charge in [0.1, 0.15) is 9.88 Å². The van der Waals surface area contributed by atoms with E-state index in [4.69, 9.17) is 5.73 Å². The van der Waals surface area contributed by atoms with Gasteiger partial charge in [0, 0.05) is 11.3 Å². The Kier molecular flexibility index (Phi) is 4.90. The first-order valence-electron chi connectivity index (χ1n) is 7.78. The lowest BCUT2D eigenvalue weighted by molar-refractivity contribution is 0.0958. The highest BCUT2D eigenvalue weighted by Crippen LogP contribution is 2.27. The topological polar surface area (TPSA) is 80.4 Å². The van der Waals surface area contributed by atoms with Crippen molar-refractivity contribution in [3.8, 4) is 10.6 Å². The Morgan fingerprint density at radius 3 is 2.48 bits per heavy atom. The van der Waals surface area contributed by atoms with E-state index in [0.29, 0.717) is 22.0 Å². The standard InChI is InChI=1S/C19H18N4OS/c1-12(14-8-10-16(20)11-9-14)22-23-18(24)17-13(2)21-19(25-17)15-6-4-3-5-7-15/h3-11H,20H2,1-2H3,(H,23,24)/b22-12-. The molecule has 1 heterocycles. The number of hydrazone groups is 1. The Balaban J connectivity index is 1.76. The second-order valence-electron chi connectivity index (χ2n) is 5.56. The van der Waals surface area contributed by atoms with E-state index in [2.05, 4.69) is 15.5 Å². The maximum absolute atomic E-state index is 12.4. The predicted octanol–water partition coefficient (Wildman–Crippen LogP) is 3.85. The molecular weight excluding hydrogens is 332 g/mol. The number of nitrogen functional groups attached to an aromatic ring is 1. The molecule has 0 aliphatic carbocycles. The summed E-state index contributed by atoms with van der Waals surface area (Å²) in [5.74, 6) is -0.257. The van der Waals surface area contributed by atoms with Crippen LogP contribution in [0.5, 0.6) is 0 Å². The van der Waals surface area contributed by atoms with Crippen molar-refractivity contribution in [1.82, 2.24) is 10.4 Å². The number of rotatable bonds is 4. The second kappa shape index (κ2) is 7.27. The minimum Gasteiger partial charge on any atom is -0.399 e. The lowest BCUT2D eigenvalue weighted by Crippen LogP contribution is -2.19. The molecule has 1 amide bonds. The molecule has 3 aromatic rings.